The summed E-state index contributed by atoms with van der Waals surface area (Å²) in [6, 6.07) is 10.1. The van der Waals surface area contributed by atoms with E-state index in [0.29, 0.717) is 29.0 Å². The van der Waals surface area contributed by atoms with Gasteiger partial charge in [0.05, 0.1) is 0 Å². The number of anilines is 2. The summed E-state index contributed by atoms with van der Waals surface area (Å²) in [6.07, 6.45) is 5.15. The molecule has 8 heteroatoms. The molecule has 0 radical (unpaired) electrons. The lowest BCUT2D eigenvalue weighted by Gasteiger charge is -2.36. The van der Waals surface area contributed by atoms with Crippen LogP contribution in [0.25, 0.3) is 6.08 Å². The highest BCUT2D eigenvalue weighted by molar-refractivity contribution is 6.15. The Labute approximate surface area is 223 Å². The van der Waals surface area contributed by atoms with Crippen molar-refractivity contribution in [3.8, 4) is 0 Å². The molecule has 2 amide bonds. The minimum absolute atomic E-state index is 0.00751. The fourth-order valence-electron chi connectivity index (χ4n) is 4.97. The first kappa shape index (κ1) is 27.1. The third-order valence-electron chi connectivity index (χ3n) is 7.26. The van der Waals surface area contributed by atoms with Crippen LogP contribution in [0.15, 0.2) is 36.4 Å². The number of carbonyl (C=O) groups is 4. The molecular weight excluding hydrogens is 482 g/mol. The molecule has 2 aromatic rings. The van der Waals surface area contributed by atoms with Crippen LogP contribution in [0.2, 0.25) is 0 Å². The van der Waals surface area contributed by atoms with Crippen LogP contribution in [0.4, 0.5) is 11.4 Å². The first-order valence-corrected chi connectivity index (χ1v) is 12.9. The average Bonchev–Trinajstić information content (AvgIpc) is 3.18. The number of ketones is 1. The number of fused-ring (bicyclic) bond motifs is 2. The molecular formula is C30H35N3O5. The van der Waals surface area contributed by atoms with Crippen LogP contribution >= 0.6 is 0 Å². The van der Waals surface area contributed by atoms with E-state index in [9.17, 15) is 19.2 Å². The standard InChI is InChI=1S/C30H35N3O5/c1-30(2)23-17-20(31(3)4)12-13-22(23)29(37)28-19(16-21(32(5)6)18-24(28)30)10-8-7-9-11-27(36)38-33-25(34)14-15-26(33)35/h8,10,12-13,16-18H,7,9,11,14-15H2,1-6H3/b10-8+. The Kier molecular flexibility index (Phi) is 7.44. The second-order valence-corrected chi connectivity index (χ2v) is 10.8. The number of hydrogen-bond acceptors (Lipinski definition) is 7. The maximum absolute atomic E-state index is 13.8. The van der Waals surface area contributed by atoms with Crippen LogP contribution in [0.3, 0.4) is 0 Å². The first-order chi connectivity index (χ1) is 17.9. The molecule has 200 valence electrons. The molecule has 1 aliphatic heterocycles. The summed E-state index contributed by atoms with van der Waals surface area (Å²) < 4.78 is 0. The molecule has 0 saturated carbocycles. The predicted molar refractivity (Wildman–Crippen MR) is 147 cm³/mol. The van der Waals surface area contributed by atoms with Crippen LogP contribution in [-0.2, 0) is 24.6 Å². The zero-order chi connectivity index (χ0) is 27.8. The van der Waals surface area contributed by atoms with Gasteiger partial charge in [-0.05, 0) is 59.9 Å². The van der Waals surface area contributed by atoms with E-state index in [-0.39, 0.29) is 30.5 Å². The van der Waals surface area contributed by atoms with Crippen LogP contribution in [0.1, 0.15) is 78.6 Å². The fraction of sp³-hybridized carbons (Fsp3) is 0.400. The maximum atomic E-state index is 13.8. The number of hydroxylamine groups is 2. The third-order valence-corrected chi connectivity index (χ3v) is 7.26. The minimum Gasteiger partial charge on any atom is -0.378 e. The molecule has 4 rings (SSSR count). The summed E-state index contributed by atoms with van der Waals surface area (Å²) in [5, 5.41) is 0.573. The second kappa shape index (κ2) is 10.4. The molecule has 8 nitrogen and oxygen atoms in total. The molecule has 2 aromatic carbocycles. The first-order valence-electron chi connectivity index (χ1n) is 12.9. The monoisotopic (exact) mass is 517 g/mol. The Morgan fingerprint density at radius 3 is 2.21 bits per heavy atom. The fourth-order valence-corrected chi connectivity index (χ4v) is 4.97. The van der Waals surface area contributed by atoms with E-state index < -0.39 is 17.8 Å². The molecule has 2 aliphatic rings. The second-order valence-electron chi connectivity index (χ2n) is 10.8. The molecule has 0 atom stereocenters. The van der Waals surface area contributed by atoms with Gasteiger partial charge in [0.2, 0.25) is 0 Å². The number of hydrogen-bond donors (Lipinski definition) is 0. The number of carbonyl (C=O) groups excluding carboxylic acids is 4. The number of imide groups is 1. The van der Waals surface area contributed by atoms with Gasteiger partial charge in [0.1, 0.15) is 0 Å². The van der Waals surface area contributed by atoms with Crippen molar-refractivity contribution >= 4 is 41.0 Å². The SMILES string of the molecule is CN(C)c1ccc2c(c1)C(C)(C)c1cc(N(C)C)cc(/C=C/CCCC(=O)ON3C(=O)CCC3=O)c1C2=O. The molecule has 0 N–H and O–H groups in total. The lowest BCUT2D eigenvalue weighted by atomic mass is 9.67. The summed E-state index contributed by atoms with van der Waals surface area (Å²) in [6.45, 7) is 4.32. The molecule has 1 heterocycles. The van der Waals surface area contributed by atoms with Crippen molar-refractivity contribution in [2.75, 3.05) is 38.0 Å². The summed E-state index contributed by atoms with van der Waals surface area (Å²) in [5.41, 5.74) is 5.92. The smallest absolute Gasteiger partial charge is 0.333 e. The summed E-state index contributed by atoms with van der Waals surface area (Å²) >= 11 is 0. The highest BCUT2D eigenvalue weighted by atomic mass is 16.7. The number of nitrogens with zero attached hydrogens (tertiary/aromatic N) is 3. The molecule has 0 bridgehead atoms. The van der Waals surface area contributed by atoms with Crippen molar-refractivity contribution < 1.29 is 24.0 Å². The Hall–Kier alpha value is -3.94. The van der Waals surface area contributed by atoms with Gasteiger partial charge in [0.25, 0.3) is 11.8 Å². The van der Waals surface area contributed by atoms with Crippen LogP contribution in [-0.4, -0.2) is 56.8 Å². The predicted octanol–water partition coefficient (Wildman–Crippen LogP) is 4.48. The summed E-state index contributed by atoms with van der Waals surface area (Å²) in [7, 11) is 7.94. The van der Waals surface area contributed by atoms with Gasteiger partial charge < -0.3 is 14.6 Å². The highest BCUT2D eigenvalue weighted by Crippen LogP contribution is 2.45. The van der Waals surface area contributed by atoms with Crippen LogP contribution in [0.5, 0.6) is 0 Å². The summed E-state index contributed by atoms with van der Waals surface area (Å²) in [5.74, 6) is -1.57. The van der Waals surface area contributed by atoms with Gasteiger partial charge in [-0.1, -0.05) is 26.0 Å². The third kappa shape index (κ3) is 5.08. The number of rotatable bonds is 8. The number of unbranched alkanes of at least 4 members (excludes halogenated alkanes) is 1. The molecule has 0 aromatic heterocycles. The van der Waals surface area contributed by atoms with E-state index in [1.54, 1.807) is 0 Å². The van der Waals surface area contributed by atoms with Gasteiger partial charge in [-0.15, -0.1) is 5.06 Å². The van der Waals surface area contributed by atoms with E-state index >= 15 is 0 Å². The quantitative estimate of drug-likeness (QED) is 0.377. The van der Waals surface area contributed by atoms with Gasteiger partial charge in [-0.2, -0.15) is 0 Å². The number of amides is 2. The Morgan fingerprint density at radius 1 is 0.947 bits per heavy atom. The molecule has 38 heavy (non-hydrogen) atoms. The Bertz CT molecular complexity index is 1320. The van der Waals surface area contributed by atoms with E-state index in [4.69, 9.17) is 4.84 Å². The van der Waals surface area contributed by atoms with E-state index in [1.165, 1.54) is 0 Å². The molecule has 0 spiro atoms. The number of benzene rings is 2. The van der Waals surface area contributed by atoms with Crippen molar-refractivity contribution in [1.82, 2.24) is 5.06 Å². The van der Waals surface area contributed by atoms with Crippen LogP contribution in [0, 0.1) is 0 Å². The van der Waals surface area contributed by atoms with Gasteiger partial charge in [0.15, 0.2) is 5.78 Å². The molecule has 1 fully saturated rings. The van der Waals surface area contributed by atoms with E-state index in [1.807, 2.05) is 68.3 Å². The lowest BCUT2D eigenvalue weighted by molar-refractivity contribution is -0.197. The van der Waals surface area contributed by atoms with Gasteiger partial charge in [-0.3, -0.25) is 14.4 Å². The lowest BCUT2D eigenvalue weighted by Crippen LogP contribution is -2.32. The van der Waals surface area contributed by atoms with Gasteiger partial charge in [-0.25, -0.2) is 4.79 Å². The zero-order valence-electron chi connectivity index (χ0n) is 23.0. The Balaban J connectivity index is 1.56. The molecule has 1 aliphatic carbocycles. The van der Waals surface area contributed by atoms with Crippen molar-refractivity contribution in [3.63, 3.8) is 0 Å². The van der Waals surface area contributed by atoms with Crippen molar-refractivity contribution in [1.29, 1.82) is 0 Å². The summed E-state index contributed by atoms with van der Waals surface area (Å²) in [4.78, 5) is 58.1. The van der Waals surface area contributed by atoms with Crippen molar-refractivity contribution in [2.24, 2.45) is 0 Å². The minimum atomic E-state index is -0.611. The van der Waals surface area contributed by atoms with Crippen molar-refractivity contribution in [3.05, 3.63) is 64.2 Å². The van der Waals surface area contributed by atoms with Gasteiger partial charge in [0, 0.05) is 75.4 Å². The molecule has 1 saturated heterocycles. The topological polar surface area (TPSA) is 87.2 Å². The maximum Gasteiger partial charge on any atom is 0.333 e. The van der Waals surface area contributed by atoms with Crippen molar-refractivity contribution in [2.45, 2.75) is 51.4 Å². The Morgan fingerprint density at radius 2 is 1.58 bits per heavy atom. The largest absolute Gasteiger partial charge is 0.378 e. The number of allylic oxidation sites excluding steroid dienone is 1. The van der Waals surface area contributed by atoms with Gasteiger partial charge >= 0.3 is 5.97 Å². The zero-order valence-corrected chi connectivity index (χ0v) is 23.0. The average molecular weight is 518 g/mol. The molecule has 0 unspecified atom stereocenters. The highest BCUT2D eigenvalue weighted by Gasteiger charge is 2.38. The van der Waals surface area contributed by atoms with E-state index in [0.717, 1.165) is 28.1 Å². The normalized spacial score (nSPS) is 16.1. The van der Waals surface area contributed by atoms with Crippen LogP contribution < -0.4 is 9.80 Å². The van der Waals surface area contributed by atoms with E-state index in [2.05, 4.69) is 26.0 Å².